The zero-order valence-corrected chi connectivity index (χ0v) is 11.9. The second kappa shape index (κ2) is 7.44. The zero-order valence-electron chi connectivity index (χ0n) is 11.9. The van der Waals surface area contributed by atoms with E-state index in [2.05, 4.69) is 27.2 Å². The molecule has 6 N–H and O–H groups in total. The van der Waals surface area contributed by atoms with Gasteiger partial charge in [-0.3, -0.25) is 5.43 Å². The predicted molar refractivity (Wildman–Crippen MR) is 81.3 cm³/mol. The van der Waals surface area contributed by atoms with Crippen LogP contribution in [0.25, 0.3) is 0 Å². The van der Waals surface area contributed by atoms with Gasteiger partial charge in [-0.1, -0.05) is 5.92 Å². The van der Waals surface area contributed by atoms with Crippen molar-refractivity contribution in [3.05, 3.63) is 65.7 Å². The van der Waals surface area contributed by atoms with Crippen LogP contribution in [0.2, 0.25) is 0 Å². The first kappa shape index (κ1) is 15.8. The van der Waals surface area contributed by atoms with Crippen LogP contribution in [0.15, 0.2) is 54.3 Å². The molecule has 0 aliphatic rings. The molecular formula is C15H13N5O3. The molecule has 0 radical (unpaired) electrons. The highest BCUT2D eigenvalue weighted by atomic mass is 16.5. The molecule has 116 valence electrons. The van der Waals surface area contributed by atoms with Gasteiger partial charge in [-0.15, -0.1) is 0 Å². The number of nitrogens with zero attached hydrogens (tertiary/aromatic N) is 2. The summed E-state index contributed by atoms with van der Waals surface area (Å²) in [5.41, 5.74) is 7.62. The summed E-state index contributed by atoms with van der Waals surface area (Å²) in [7, 11) is 0. The summed E-state index contributed by atoms with van der Waals surface area (Å²) in [4.78, 5) is 18.8. The van der Waals surface area contributed by atoms with E-state index >= 15 is 0 Å². The number of carboxylic acid groups (broad SMARTS) is 1. The van der Waals surface area contributed by atoms with Crippen molar-refractivity contribution in [2.24, 2.45) is 11.6 Å². The van der Waals surface area contributed by atoms with Gasteiger partial charge < -0.3 is 15.6 Å². The van der Waals surface area contributed by atoms with Crippen LogP contribution in [0.3, 0.4) is 0 Å². The Hall–Kier alpha value is -3.57. The lowest BCUT2D eigenvalue weighted by molar-refractivity contribution is -0.132. The lowest BCUT2D eigenvalue weighted by Gasteiger charge is -2.10. The van der Waals surface area contributed by atoms with Crippen molar-refractivity contribution in [3.63, 3.8) is 0 Å². The third-order valence-electron chi connectivity index (χ3n) is 2.56. The standard InChI is InChI=1S/C15H13N5O3/c16-13(15(21)22)14(20-17)23-11-5-2-10(3-6-11)4-7-12-18-8-1-9-19-12/h1-3,5-6,8-9,20H,16-17H2,(H,21,22)/b14-13+. The number of nitrogens with one attached hydrogen (secondary N) is 1. The van der Waals surface area contributed by atoms with Crippen molar-refractivity contribution in [2.45, 2.75) is 0 Å². The Morgan fingerprint density at radius 1 is 1.17 bits per heavy atom. The lowest BCUT2D eigenvalue weighted by atomic mass is 10.2. The van der Waals surface area contributed by atoms with Crippen molar-refractivity contribution in [3.8, 4) is 17.6 Å². The third kappa shape index (κ3) is 4.45. The Morgan fingerprint density at radius 3 is 2.39 bits per heavy atom. The van der Waals surface area contributed by atoms with E-state index in [-0.39, 0.29) is 5.88 Å². The fourth-order valence-electron chi connectivity index (χ4n) is 1.48. The Balaban J connectivity index is 2.13. The molecule has 0 saturated heterocycles. The molecule has 0 aliphatic heterocycles. The Labute approximate surface area is 131 Å². The lowest BCUT2D eigenvalue weighted by Crippen LogP contribution is -2.31. The summed E-state index contributed by atoms with van der Waals surface area (Å²) < 4.78 is 5.27. The average molecular weight is 311 g/mol. The van der Waals surface area contributed by atoms with Gasteiger partial charge in [-0.05, 0) is 36.3 Å². The molecule has 1 heterocycles. The van der Waals surface area contributed by atoms with E-state index in [0.29, 0.717) is 17.1 Å². The number of ether oxygens (including phenoxy) is 1. The number of aliphatic carboxylic acids is 1. The second-order valence-electron chi connectivity index (χ2n) is 4.14. The van der Waals surface area contributed by atoms with Crippen molar-refractivity contribution in [1.82, 2.24) is 15.4 Å². The van der Waals surface area contributed by atoms with Crippen LogP contribution in [0.5, 0.6) is 5.75 Å². The number of rotatable bonds is 4. The van der Waals surface area contributed by atoms with Gasteiger partial charge in [-0.2, -0.15) is 0 Å². The van der Waals surface area contributed by atoms with E-state index in [1.165, 1.54) is 0 Å². The smallest absolute Gasteiger partial charge is 0.357 e. The van der Waals surface area contributed by atoms with Crippen LogP contribution < -0.4 is 21.7 Å². The quantitative estimate of drug-likeness (QED) is 0.202. The first-order valence-corrected chi connectivity index (χ1v) is 6.36. The summed E-state index contributed by atoms with van der Waals surface area (Å²) in [5, 5.41) is 8.80. The predicted octanol–water partition coefficient (Wildman–Crippen LogP) is -0.0691. The molecular weight excluding hydrogens is 298 g/mol. The molecule has 0 saturated carbocycles. The van der Waals surface area contributed by atoms with Crippen LogP contribution in [0.1, 0.15) is 11.4 Å². The second-order valence-corrected chi connectivity index (χ2v) is 4.14. The molecule has 0 unspecified atom stereocenters. The number of hydrogen-bond donors (Lipinski definition) is 4. The number of carbonyl (C=O) groups is 1. The normalized spacial score (nSPS) is 10.8. The van der Waals surface area contributed by atoms with Gasteiger partial charge in [0.1, 0.15) is 5.75 Å². The minimum atomic E-state index is -1.34. The molecule has 2 aromatic rings. The van der Waals surface area contributed by atoms with E-state index in [9.17, 15) is 4.79 Å². The van der Waals surface area contributed by atoms with Crippen molar-refractivity contribution in [2.75, 3.05) is 0 Å². The summed E-state index contributed by atoms with van der Waals surface area (Å²) in [5.74, 6) is 10.1. The Morgan fingerprint density at radius 2 is 1.83 bits per heavy atom. The van der Waals surface area contributed by atoms with Gasteiger partial charge >= 0.3 is 5.97 Å². The van der Waals surface area contributed by atoms with Gasteiger partial charge in [0.25, 0.3) is 0 Å². The van der Waals surface area contributed by atoms with Crippen molar-refractivity contribution >= 4 is 5.97 Å². The molecule has 1 aromatic heterocycles. The first-order chi connectivity index (χ1) is 11.1. The number of aromatic nitrogens is 2. The fourth-order valence-corrected chi connectivity index (χ4v) is 1.48. The molecule has 0 atom stereocenters. The van der Waals surface area contributed by atoms with E-state index in [1.807, 2.05) is 0 Å². The first-order valence-electron chi connectivity index (χ1n) is 6.36. The maximum atomic E-state index is 10.8. The van der Waals surface area contributed by atoms with Gasteiger partial charge in [-0.25, -0.2) is 20.6 Å². The van der Waals surface area contributed by atoms with Crippen LogP contribution in [-0.4, -0.2) is 21.0 Å². The molecule has 2 rings (SSSR count). The minimum Gasteiger partial charge on any atom is -0.476 e. The molecule has 0 aliphatic carbocycles. The zero-order chi connectivity index (χ0) is 16.7. The average Bonchev–Trinajstić information content (AvgIpc) is 2.59. The number of nitrogens with two attached hydrogens (primary N) is 2. The van der Waals surface area contributed by atoms with Gasteiger partial charge in [0, 0.05) is 18.0 Å². The highest BCUT2D eigenvalue weighted by Crippen LogP contribution is 2.14. The molecule has 0 spiro atoms. The van der Waals surface area contributed by atoms with Crippen LogP contribution >= 0.6 is 0 Å². The number of hydrogen-bond acceptors (Lipinski definition) is 7. The molecule has 0 fully saturated rings. The van der Waals surface area contributed by atoms with Gasteiger partial charge in [0.05, 0.1) is 0 Å². The maximum absolute atomic E-state index is 10.8. The molecule has 1 aromatic carbocycles. The molecule has 8 nitrogen and oxygen atoms in total. The third-order valence-corrected chi connectivity index (χ3v) is 2.56. The molecule has 0 amide bonds. The van der Waals surface area contributed by atoms with Gasteiger partial charge in [0.2, 0.25) is 11.7 Å². The number of hydrazine groups is 1. The monoisotopic (exact) mass is 311 g/mol. The Bertz CT molecular complexity index is 776. The van der Waals surface area contributed by atoms with Crippen LogP contribution in [0.4, 0.5) is 0 Å². The van der Waals surface area contributed by atoms with E-state index < -0.39 is 11.7 Å². The van der Waals surface area contributed by atoms with E-state index in [0.717, 1.165) is 0 Å². The highest BCUT2D eigenvalue weighted by molar-refractivity contribution is 5.85. The van der Waals surface area contributed by atoms with E-state index in [4.69, 9.17) is 21.4 Å². The minimum absolute atomic E-state index is 0.256. The fraction of sp³-hybridized carbons (Fsp3) is 0. The summed E-state index contributed by atoms with van der Waals surface area (Å²) in [6.07, 6.45) is 3.21. The summed E-state index contributed by atoms with van der Waals surface area (Å²) in [6.45, 7) is 0. The number of carboxylic acids is 1. The van der Waals surface area contributed by atoms with Crippen molar-refractivity contribution in [1.29, 1.82) is 0 Å². The van der Waals surface area contributed by atoms with Crippen LogP contribution in [-0.2, 0) is 4.79 Å². The topological polar surface area (TPSA) is 136 Å². The maximum Gasteiger partial charge on any atom is 0.357 e. The molecule has 0 bridgehead atoms. The number of benzene rings is 1. The SMILES string of the molecule is NN/C(Oc1ccc(C#Cc2ncccn2)cc1)=C(\N)C(=O)O. The van der Waals surface area contributed by atoms with Crippen molar-refractivity contribution < 1.29 is 14.6 Å². The largest absolute Gasteiger partial charge is 0.476 e. The molecule has 23 heavy (non-hydrogen) atoms. The van der Waals surface area contributed by atoms with Crippen LogP contribution in [0, 0.1) is 11.8 Å². The Kier molecular flexibility index (Phi) is 5.12. The summed E-state index contributed by atoms with van der Waals surface area (Å²) >= 11 is 0. The molecule has 8 heteroatoms. The highest BCUT2D eigenvalue weighted by Gasteiger charge is 2.11. The van der Waals surface area contributed by atoms with Gasteiger partial charge in [0.15, 0.2) is 5.70 Å². The van der Waals surface area contributed by atoms with E-state index in [1.54, 1.807) is 42.7 Å². The summed E-state index contributed by atoms with van der Waals surface area (Å²) in [6, 6.07) is 8.29.